The molecule has 0 amide bonds. The van der Waals surface area contributed by atoms with Crippen LogP contribution in [0.5, 0.6) is 5.75 Å². The lowest BCUT2D eigenvalue weighted by molar-refractivity contribution is 0.314. The summed E-state index contributed by atoms with van der Waals surface area (Å²) in [5, 5.41) is 8.58. The molecule has 2 heterocycles. The van der Waals surface area contributed by atoms with Crippen molar-refractivity contribution in [1.29, 1.82) is 0 Å². The zero-order valence-corrected chi connectivity index (χ0v) is 15.0. The van der Waals surface area contributed by atoms with E-state index in [-0.39, 0.29) is 11.0 Å². The van der Waals surface area contributed by atoms with Crippen LogP contribution in [0.3, 0.4) is 0 Å². The Bertz CT molecular complexity index is 887. The van der Waals surface area contributed by atoms with E-state index in [9.17, 15) is 0 Å². The molecule has 1 aliphatic rings. The minimum Gasteiger partial charge on any atom is -0.496 e. The molecule has 1 aliphatic carbocycles. The maximum atomic E-state index is 5.62. The Labute approximate surface area is 146 Å². The Morgan fingerprint density at radius 1 is 1.24 bits per heavy atom. The SMILES string of the molecule is COc1ccc(C(C)(C)C)cc1-c1noc(C2(n3cccn3)CC2)n1. The quantitative estimate of drug-likeness (QED) is 0.724. The van der Waals surface area contributed by atoms with Crippen molar-refractivity contribution in [3.05, 3.63) is 48.1 Å². The van der Waals surface area contributed by atoms with E-state index in [1.165, 1.54) is 5.56 Å². The van der Waals surface area contributed by atoms with Crippen molar-refractivity contribution in [1.82, 2.24) is 19.9 Å². The van der Waals surface area contributed by atoms with Gasteiger partial charge in [0.1, 0.15) is 11.3 Å². The van der Waals surface area contributed by atoms with E-state index in [1.807, 2.05) is 23.0 Å². The molecule has 1 aromatic carbocycles. The van der Waals surface area contributed by atoms with Crippen LogP contribution < -0.4 is 4.74 Å². The van der Waals surface area contributed by atoms with Gasteiger partial charge in [-0.15, -0.1) is 0 Å². The number of hydrogen-bond acceptors (Lipinski definition) is 5. The lowest BCUT2D eigenvalue weighted by atomic mass is 9.86. The van der Waals surface area contributed by atoms with E-state index in [2.05, 4.69) is 48.1 Å². The van der Waals surface area contributed by atoms with Gasteiger partial charge in [-0.25, -0.2) is 0 Å². The summed E-state index contributed by atoms with van der Waals surface area (Å²) in [4.78, 5) is 4.68. The third-order valence-electron chi connectivity index (χ3n) is 4.80. The second-order valence-electron chi connectivity index (χ2n) is 7.57. The van der Waals surface area contributed by atoms with Crippen LogP contribution >= 0.6 is 0 Å². The summed E-state index contributed by atoms with van der Waals surface area (Å²) in [7, 11) is 1.66. The highest BCUT2D eigenvalue weighted by Gasteiger charge is 2.52. The van der Waals surface area contributed by atoms with Crippen molar-refractivity contribution in [3.63, 3.8) is 0 Å². The molecular weight excluding hydrogens is 316 g/mol. The fourth-order valence-corrected chi connectivity index (χ4v) is 3.05. The number of nitrogens with zero attached hydrogens (tertiary/aromatic N) is 4. The average molecular weight is 338 g/mol. The molecule has 6 nitrogen and oxygen atoms in total. The molecule has 25 heavy (non-hydrogen) atoms. The van der Waals surface area contributed by atoms with Crippen LogP contribution in [0.1, 0.15) is 45.1 Å². The molecule has 1 fully saturated rings. The molecule has 0 N–H and O–H groups in total. The molecule has 130 valence electrons. The van der Waals surface area contributed by atoms with Gasteiger partial charge in [0.25, 0.3) is 5.89 Å². The van der Waals surface area contributed by atoms with E-state index in [0.717, 1.165) is 24.2 Å². The third-order valence-corrected chi connectivity index (χ3v) is 4.80. The molecule has 1 saturated carbocycles. The van der Waals surface area contributed by atoms with Crippen LogP contribution in [-0.4, -0.2) is 27.0 Å². The Balaban J connectivity index is 1.76. The molecule has 3 aromatic rings. The lowest BCUT2D eigenvalue weighted by Gasteiger charge is -2.20. The molecule has 0 aliphatic heterocycles. The van der Waals surface area contributed by atoms with Gasteiger partial charge in [-0.2, -0.15) is 10.1 Å². The summed E-state index contributed by atoms with van der Waals surface area (Å²) < 4.78 is 13.0. The number of ether oxygens (including phenoxy) is 1. The highest BCUT2D eigenvalue weighted by molar-refractivity contribution is 5.65. The molecule has 6 heteroatoms. The number of aromatic nitrogens is 4. The standard InChI is InChI=1S/C19H22N4O2/c1-18(2,3)13-6-7-15(24-4)14(12-13)16-21-17(25-22-16)19(8-9-19)23-11-5-10-20-23/h5-7,10-12H,8-9H2,1-4H3. The maximum Gasteiger partial charge on any atom is 0.254 e. The van der Waals surface area contributed by atoms with Crippen LogP contribution in [-0.2, 0) is 11.0 Å². The van der Waals surface area contributed by atoms with Crippen LogP contribution in [0.15, 0.2) is 41.2 Å². The normalized spacial score (nSPS) is 16.0. The first-order valence-corrected chi connectivity index (χ1v) is 8.47. The smallest absolute Gasteiger partial charge is 0.254 e. The van der Waals surface area contributed by atoms with Gasteiger partial charge in [0.05, 0.1) is 12.7 Å². The van der Waals surface area contributed by atoms with Crippen molar-refractivity contribution < 1.29 is 9.26 Å². The molecule has 4 rings (SSSR count). The zero-order valence-electron chi connectivity index (χ0n) is 15.0. The van der Waals surface area contributed by atoms with Gasteiger partial charge >= 0.3 is 0 Å². The van der Waals surface area contributed by atoms with Gasteiger partial charge in [0, 0.05) is 12.4 Å². The van der Waals surface area contributed by atoms with E-state index in [1.54, 1.807) is 13.3 Å². The second kappa shape index (κ2) is 5.44. The van der Waals surface area contributed by atoms with Crippen molar-refractivity contribution >= 4 is 0 Å². The van der Waals surface area contributed by atoms with Gasteiger partial charge < -0.3 is 9.26 Å². The van der Waals surface area contributed by atoms with Crippen molar-refractivity contribution in [2.75, 3.05) is 7.11 Å². The average Bonchev–Trinajstić information content (AvgIpc) is 3.04. The van der Waals surface area contributed by atoms with E-state index in [0.29, 0.717) is 11.7 Å². The highest BCUT2D eigenvalue weighted by atomic mass is 16.5. The van der Waals surface area contributed by atoms with Gasteiger partial charge in [-0.3, -0.25) is 4.68 Å². The largest absolute Gasteiger partial charge is 0.496 e. The van der Waals surface area contributed by atoms with E-state index >= 15 is 0 Å². The molecule has 0 bridgehead atoms. The Hall–Kier alpha value is -2.63. The number of methoxy groups -OCH3 is 1. The van der Waals surface area contributed by atoms with Crippen LogP contribution in [0.2, 0.25) is 0 Å². The third kappa shape index (κ3) is 2.62. The first-order valence-electron chi connectivity index (χ1n) is 8.47. The monoisotopic (exact) mass is 338 g/mol. The summed E-state index contributed by atoms with van der Waals surface area (Å²) >= 11 is 0. The topological polar surface area (TPSA) is 66.0 Å². The number of hydrogen-bond donors (Lipinski definition) is 0. The first-order chi connectivity index (χ1) is 11.9. The molecule has 0 unspecified atom stereocenters. The summed E-state index contributed by atoms with van der Waals surface area (Å²) in [5.74, 6) is 1.90. The van der Waals surface area contributed by atoms with Crippen LogP contribution in [0, 0.1) is 0 Å². The minimum absolute atomic E-state index is 0.0281. The summed E-state index contributed by atoms with van der Waals surface area (Å²) in [6.45, 7) is 6.53. The minimum atomic E-state index is -0.288. The number of benzene rings is 1. The van der Waals surface area contributed by atoms with Gasteiger partial charge in [-0.1, -0.05) is 32.0 Å². The fourth-order valence-electron chi connectivity index (χ4n) is 3.05. The molecular formula is C19H22N4O2. The van der Waals surface area contributed by atoms with Crippen LogP contribution in [0.4, 0.5) is 0 Å². The Morgan fingerprint density at radius 2 is 2.04 bits per heavy atom. The van der Waals surface area contributed by atoms with Gasteiger partial charge in [0.2, 0.25) is 5.82 Å². The fraction of sp³-hybridized carbons (Fsp3) is 0.421. The van der Waals surface area contributed by atoms with Gasteiger partial charge in [0.15, 0.2) is 0 Å². The second-order valence-corrected chi connectivity index (χ2v) is 7.57. The highest BCUT2D eigenvalue weighted by Crippen LogP contribution is 2.48. The lowest BCUT2D eigenvalue weighted by Crippen LogP contribution is -2.19. The number of rotatable bonds is 4. The Kier molecular flexibility index (Phi) is 3.45. The molecule has 2 aromatic heterocycles. The Morgan fingerprint density at radius 3 is 2.64 bits per heavy atom. The van der Waals surface area contributed by atoms with Crippen molar-refractivity contribution in [3.8, 4) is 17.1 Å². The molecule has 0 saturated heterocycles. The van der Waals surface area contributed by atoms with E-state index < -0.39 is 0 Å². The molecule has 0 radical (unpaired) electrons. The summed E-state index contributed by atoms with van der Waals surface area (Å²) in [6, 6.07) is 8.04. The van der Waals surface area contributed by atoms with Gasteiger partial charge in [-0.05, 0) is 42.0 Å². The van der Waals surface area contributed by atoms with Crippen molar-refractivity contribution in [2.24, 2.45) is 0 Å². The summed E-state index contributed by atoms with van der Waals surface area (Å²) in [6.07, 6.45) is 5.62. The zero-order chi connectivity index (χ0) is 17.7. The van der Waals surface area contributed by atoms with Crippen LogP contribution in [0.25, 0.3) is 11.4 Å². The molecule has 0 spiro atoms. The predicted molar refractivity (Wildman–Crippen MR) is 93.5 cm³/mol. The maximum absolute atomic E-state index is 5.62. The first kappa shape index (κ1) is 15.9. The van der Waals surface area contributed by atoms with E-state index in [4.69, 9.17) is 9.26 Å². The van der Waals surface area contributed by atoms with Crippen molar-refractivity contribution in [2.45, 2.75) is 44.6 Å². The predicted octanol–water partition coefficient (Wildman–Crippen LogP) is 3.78. The molecule has 0 atom stereocenters. The summed E-state index contributed by atoms with van der Waals surface area (Å²) in [5.41, 5.74) is 1.79.